The molecule has 9 heteroatoms. The van der Waals surface area contributed by atoms with E-state index in [4.69, 9.17) is 0 Å². The van der Waals surface area contributed by atoms with Gasteiger partial charge in [0, 0.05) is 12.2 Å². The molecule has 2 aromatic carbocycles. The Balaban J connectivity index is 1.44. The lowest BCUT2D eigenvalue weighted by molar-refractivity contribution is -0.134. The van der Waals surface area contributed by atoms with E-state index in [2.05, 4.69) is 15.3 Å². The summed E-state index contributed by atoms with van der Waals surface area (Å²) in [4.78, 5) is 20.8. The van der Waals surface area contributed by atoms with Gasteiger partial charge in [-0.25, -0.2) is 9.78 Å². The molecule has 0 bridgehead atoms. The van der Waals surface area contributed by atoms with Crippen molar-refractivity contribution in [3.05, 3.63) is 70.7 Å². The van der Waals surface area contributed by atoms with Crippen LogP contribution in [0.2, 0.25) is 0 Å². The summed E-state index contributed by atoms with van der Waals surface area (Å²) in [6.45, 7) is 0.440. The van der Waals surface area contributed by atoms with Gasteiger partial charge in [0.15, 0.2) is 0 Å². The van der Waals surface area contributed by atoms with Gasteiger partial charge in [-0.2, -0.15) is 13.2 Å². The second-order valence-corrected chi connectivity index (χ2v) is 7.91. The van der Waals surface area contributed by atoms with Crippen molar-refractivity contribution in [2.24, 2.45) is 0 Å². The Morgan fingerprint density at radius 3 is 2.60 bits per heavy atom. The van der Waals surface area contributed by atoms with Gasteiger partial charge >= 0.3 is 12.2 Å². The molecule has 3 heterocycles. The topological polar surface area (TPSA) is 61.0 Å². The first kappa shape index (κ1) is 18.7. The highest BCUT2D eigenvalue weighted by molar-refractivity contribution is 7.10. The number of carbonyl (C=O) groups is 1. The van der Waals surface area contributed by atoms with Gasteiger partial charge in [0.2, 0.25) is 0 Å². The van der Waals surface area contributed by atoms with E-state index in [1.165, 1.54) is 5.38 Å². The number of carbonyl (C=O) groups excluding carboxylic acids is 1. The monoisotopic (exact) mass is 428 g/mol. The number of hydrogen-bond donors (Lipinski definition) is 2. The van der Waals surface area contributed by atoms with E-state index < -0.39 is 11.1 Å². The maximum absolute atomic E-state index is 12.9. The lowest BCUT2D eigenvalue weighted by atomic mass is 10.0. The van der Waals surface area contributed by atoms with Crippen LogP contribution in [0.4, 0.5) is 23.7 Å². The first-order valence-corrected chi connectivity index (χ1v) is 10.0. The number of nitrogens with zero attached hydrogens (tertiary/aromatic N) is 2. The van der Waals surface area contributed by atoms with Crippen LogP contribution in [0.1, 0.15) is 16.5 Å². The zero-order chi connectivity index (χ0) is 20.9. The number of hydrogen-bond acceptors (Lipinski definition) is 3. The quantitative estimate of drug-likeness (QED) is 0.447. The minimum atomic E-state index is -4.34. The number of imidazole rings is 1. The summed E-state index contributed by atoms with van der Waals surface area (Å²) >= 11 is 0.684. The normalized spacial score (nSPS) is 17.0. The summed E-state index contributed by atoms with van der Waals surface area (Å²) in [6, 6.07) is 13.6. The van der Waals surface area contributed by atoms with Gasteiger partial charge in [-0.1, -0.05) is 24.3 Å². The number of rotatable bonds is 3. The van der Waals surface area contributed by atoms with Crippen LogP contribution in [0.25, 0.3) is 22.2 Å². The van der Waals surface area contributed by atoms with Crippen LogP contribution in [0.3, 0.4) is 0 Å². The van der Waals surface area contributed by atoms with E-state index in [9.17, 15) is 18.0 Å². The molecular weight excluding hydrogens is 413 g/mol. The third-order valence-electron chi connectivity index (χ3n) is 5.17. The molecule has 1 aliphatic rings. The molecule has 2 amide bonds. The van der Waals surface area contributed by atoms with Crippen molar-refractivity contribution in [1.82, 2.24) is 15.3 Å². The highest BCUT2D eigenvalue weighted by atomic mass is 32.1. The Bertz CT molecular complexity index is 1230. The van der Waals surface area contributed by atoms with E-state index in [0.717, 1.165) is 28.4 Å². The summed E-state index contributed by atoms with van der Waals surface area (Å²) in [5.74, 6) is 0. The summed E-state index contributed by atoms with van der Waals surface area (Å²) in [5.41, 5.74) is 4.51. The van der Waals surface area contributed by atoms with Crippen molar-refractivity contribution in [3.8, 4) is 11.1 Å². The lowest BCUT2D eigenvalue weighted by Crippen LogP contribution is -2.29. The molecule has 0 unspecified atom stereocenters. The van der Waals surface area contributed by atoms with E-state index in [1.54, 1.807) is 23.4 Å². The van der Waals surface area contributed by atoms with Gasteiger partial charge in [-0.05, 0) is 46.3 Å². The average molecular weight is 428 g/mol. The number of aromatic nitrogens is 2. The highest BCUT2D eigenvalue weighted by Crippen LogP contribution is 2.38. The number of benzene rings is 2. The fourth-order valence-electron chi connectivity index (χ4n) is 3.67. The predicted octanol–water partition coefficient (Wildman–Crippen LogP) is 5.58. The van der Waals surface area contributed by atoms with Crippen LogP contribution in [-0.4, -0.2) is 22.5 Å². The molecule has 0 radical (unpaired) electrons. The molecule has 0 saturated carbocycles. The van der Waals surface area contributed by atoms with Crippen molar-refractivity contribution in [2.45, 2.75) is 12.2 Å². The summed E-state index contributed by atoms with van der Waals surface area (Å²) < 4.78 is 38.6. The average Bonchev–Trinajstić information content (AvgIpc) is 3.46. The molecule has 30 heavy (non-hydrogen) atoms. The van der Waals surface area contributed by atoms with Crippen molar-refractivity contribution in [3.63, 3.8) is 0 Å². The van der Waals surface area contributed by atoms with E-state index in [0.29, 0.717) is 29.0 Å². The van der Waals surface area contributed by atoms with E-state index in [1.807, 2.05) is 30.3 Å². The molecule has 1 saturated heterocycles. The number of halogens is 3. The zero-order valence-electron chi connectivity index (χ0n) is 15.4. The predicted molar refractivity (Wildman–Crippen MR) is 109 cm³/mol. The third-order valence-corrected chi connectivity index (χ3v) is 6.14. The van der Waals surface area contributed by atoms with Crippen LogP contribution < -0.4 is 10.2 Å². The Kier molecular flexibility index (Phi) is 4.28. The van der Waals surface area contributed by atoms with Crippen molar-refractivity contribution in [2.75, 3.05) is 11.4 Å². The van der Waals surface area contributed by atoms with Gasteiger partial charge in [-0.3, -0.25) is 4.90 Å². The number of nitrogens with one attached hydrogen (secondary N) is 2. The van der Waals surface area contributed by atoms with Crippen molar-refractivity contribution in [1.29, 1.82) is 0 Å². The number of amides is 2. The summed E-state index contributed by atoms with van der Waals surface area (Å²) in [5, 5.41) is 4.37. The third kappa shape index (κ3) is 3.21. The minimum Gasteiger partial charge on any atom is -0.345 e. The van der Waals surface area contributed by atoms with Gasteiger partial charge < -0.3 is 10.3 Å². The molecule has 4 aromatic rings. The van der Waals surface area contributed by atoms with Crippen LogP contribution in [0.5, 0.6) is 0 Å². The Morgan fingerprint density at radius 1 is 1.07 bits per heavy atom. The molecule has 2 aromatic heterocycles. The van der Waals surface area contributed by atoms with Gasteiger partial charge in [0.05, 0.1) is 23.4 Å². The number of anilines is 1. The smallest absolute Gasteiger partial charge is 0.345 e. The van der Waals surface area contributed by atoms with Crippen LogP contribution in [-0.2, 0) is 6.18 Å². The van der Waals surface area contributed by atoms with Gasteiger partial charge in [0.25, 0.3) is 0 Å². The molecule has 1 fully saturated rings. The molecule has 0 aliphatic carbocycles. The first-order chi connectivity index (χ1) is 14.4. The minimum absolute atomic E-state index is 0.199. The fraction of sp³-hybridized carbons (Fsp3) is 0.143. The van der Waals surface area contributed by atoms with Gasteiger partial charge in [0.1, 0.15) is 4.88 Å². The number of alkyl halides is 3. The SMILES string of the molecule is O=C1NC[C@H](c2ccc(-c3csc(C(F)(F)F)c3)cc2)N1c1ccc2nc[nH]c2c1. The number of fused-ring (bicyclic) bond motifs is 1. The van der Waals surface area contributed by atoms with Crippen LogP contribution >= 0.6 is 11.3 Å². The first-order valence-electron chi connectivity index (χ1n) is 9.16. The van der Waals surface area contributed by atoms with Crippen molar-refractivity contribution >= 4 is 34.1 Å². The Labute approximate surface area is 173 Å². The standard InChI is InChI=1S/C21H15F3N4OS/c22-21(23,24)19-7-14(10-30-19)12-1-3-13(4-2-12)18-9-25-20(29)28(18)15-5-6-16-17(8-15)27-11-26-16/h1-8,10-11,18H,9H2,(H,25,29)(H,26,27)/t18-/m1/s1. The van der Waals surface area contributed by atoms with Crippen molar-refractivity contribution < 1.29 is 18.0 Å². The maximum Gasteiger partial charge on any atom is 0.425 e. The summed E-state index contributed by atoms with van der Waals surface area (Å²) in [7, 11) is 0. The number of urea groups is 1. The maximum atomic E-state index is 12.9. The molecule has 2 N–H and O–H groups in total. The Morgan fingerprint density at radius 2 is 1.87 bits per heavy atom. The highest BCUT2D eigenvalue weighted by Gasteiger charge is 2.34. The molecule has 0 spiro atoms. The van der Waals surface area contributed by atoms with Crippen LogP contribution in [0.15, 0.2) is 60.2 Å². The number of aromatic amines is 1. The van der Waals surface area contributed by atoms with E-state index in [-0.39, 0.29) is 12.1 Å². The molecule has 5 nitrogen and oxygen atoms in total. The summed E-state index contributed by atoms with van der Waals surface area (Å²) in [6.07, 6.45) is -2.74. The Hall–Kier alpha value is -3.33. The second kappa shape index (κ2) is 6.88. The number of thiophene rings is 1. The molecule has 5 rings (SSSR count). The largest absolute Gasteiger partial charge is 0.425 e. The number of H-pyrrole nitrogens is 1. The fourth-order valence-corrected chi connectivity index (χ4v) is 4.46. The second-order valence-electron chi connectivity index (χ2n) is 7.00. The zero-order valence-corrected chi connectivity index (χ0v) is 16.2. The molecule has 152 valence electrons. The molecular formula is C21H15F3N4OS. The van der Waals surface area contributed by atoms with E-state index >= 15 is 0 Å². The van der Waals surface area contributed by atoms with Crippen LogP contribution in [0, 0.1) is 0 Å². The van der Waals surface area contributed by atoms with Gasteiger partial charge in [-0.15, -0.1) is 11.3 Å². The molecule has 1 aliphatic heterocycles. The lowest BCUT2D eigenvalue weighted by Gasteiger charge is -2.23. The molecule has 1 atom stereocenters.